The number of esters is 1. The largest absolute Gasteiger partial charge is 0.497 e. The molecule has 134 valence electrons. The molecular weight excluding hydrogens is 336 g/mol. The third-order valence-corrected chi connectivity index (χ3v) is 3.53. The van der Waals surface area contributed by atoms with Crippen LogP contribution in [0.2, 0.25) is 0 Å². The Bertz CT molecular complexity index is 846. The Balaban J connectivity index is 1.52. The zero-order valence-electron chi connectivity index (χ0n) is 14.4. The molecule has 1 atom stereocenters. The van der Waals surface area contributed by atoms with Gasteiger partial charge in [-0.25, -0.2) is 4.79 Å². The SMILES string of the molecule is COc1ccc(OC(C)C(=O)OCc2nnc(-c3ccccc3)o2)cc1. The highest BCUT2D eigenvalue weighted by atomic mass is 16.6. The van der Waals surface area contributed by atoms with Crippen molar-refractivity contribution < 1.29 is 23.4 Å². The van der Waals surface area contributed by atoms with Gasteiger partial charge in [0.2, 0.25) is 5.89 Å². The second-order valence-electron chi connectivity index (χ2n) is 5.41. The number of benzene rings is 2. The van der Waals surface area contributed by atoms with Gasteiger partial charge in [-0.15, -0.1) is 10.2 Å². The topological polar surface area (TPSA) is 83.7 Å². The molecule has 1 heterocycles. The van der Waals surface area contributed by atoms with Gasteiger partial charge in [0, 0.05) is 5.56 Å². The van der Waals surface area contributed by atoms with Crippen LogP contribution in [0.1, 0.15) is 12.8 Å². The molecule has 0 bridgehead atoms. The zero-order chi connectivity index (χ0) is 18.4. The Labute approximate surface area is 150 Å². The summed E-state index contributed by atoms with van der Waals surface area (Å²) in [7, 11) is 1.58. The zero-order valence-corrected chi connectivity index (χ0v) is 14.4. The van der Waals surface area contributed by atoms with E-state index in [4.69, 9.17) is 18.6 Å². The second-order valence-corrected chi connectivity index (χ2v) is 5.41. The van der Waals surface area contributed by atoms with Gasteiger partial charge in [-0.2, -0.15) is 0 Å². The lowest BCUT2D eigenvalue weighted by molar-refractivity contribution is -0.153. The Morgan fingerprint density at radius 1 is 1.04 bits per heavy atom. The van der Waals surface area contributed by atoms with Gasteiger partial charge in [0.15, 0.2) is 12.7 Å². The lowest BCUT2D eigenvalue weighted by Crippen LogP contribution is -2.26. The summed E-state index contributed by atoms with van der Waals surface area (Å²) in [4.78, 5) is 12.1. The van der Waals surface area contributed by atoms with E-state index < -0.39 is 12.1 Å². The molecule has 0 saturated carbocycles. The van der Waals surface area contributed by atoms with E-state index >= 15 is 0 Å². The molecule has 1 aromatic heterocycles. The first kappa shape index (κ1) is 17.5. The predicted molar refractivity (Wildman–Crippen MR) is 92.6 cm³/mol. The molecule has 0 saturated heterocycles. The second kappa shape index (κ2) is 8.15. The van der Waals surface area contributed by atoms with Crippen molar-refractivity contribution in [2.24, 2.45) is 0 Å². The monoisotopic (exact) mass is 354 g/mol. The number of hydrogen-bond acceptors (Lipinski definition) is 7. The van der Waals surface area contributed by atoms with E-state index in [1.54, 1.807) is 38.3 Å². The summed E-state index contributed by atoms with van der Waals surface area (Å²) in [5.74, 6) is 1.31. The Morgan fingerprint density at radius 2 is 1.73 bits per heavy atom. The average Bonchev–Trinajstić information content (AvgIpc) is 3.16. The number of nitrogens with zero attached hydrogens (tertiary/aromatic N) is 2. The highest BCUT2D eigenvalue weighted by Gasteiger charge is 2.18. The molecular formula is C19H18N2O5. The predicted octanol–water partition coefficient (Wildman–Crippen LogP) is 3.26. The van der Waals surface area contributed by atoms with Gasteiger partial charge in [0.1, 0.15) is 11.5 Å². The van der Waals surface area contributed by atoms with Crippen LogP contribution in [-0.4, -0.2) is 29.4 Å². The van der Waals surface area contributed by atoms with Crippen molar-refractivity contribution in [1.82, 2.24) is 10.2 Å². The molecule has 3 rings (SSSR count). The van der Waals surface area contributed by atoms with E-state index in [0.29, 0.717) is 17.4 Å². The third kappa shape index (κ3) is 4.38. The van der Waals surface area contributed by atoms with Gasteiger partial charge in [-0.3, -0.25) is 0 Å². The van der Waals surface area contributed by atoms with Crippen LogP contribution < -0.4 is 9.47 Å². The number of aromatic nitrogens is 2. The normalized spacial score (nSPS) is 11.6. The average molecular weight is 354 g/mol. The standard InChI is InChI=1S/C19H18N2O5/c1-13(25-16-10-8-15(23-2)9-11-16)19(22)24-12-17-20-21-18(26-17)14-6-4-3-5-7-14/h3-11,13H,12H2,1-2H3. The van der Waals surface area contributed by atoms with E-state index in [9.17, 15) is 4.79 Å². The fraction of sp³-hybridized carbons (Fsp3) is 0.211. The molecule has 2 aromatic carbocycles. The van der Waals surface area contributed by atoms with Gasteiger partial charge in [-0.1, -0.05) is 18.2 Å². The number of rotatable bonds is 7. The van der Waals surface area contributed by atoms with E-state index in [2.05, 4.69) is 10.2 Å². The summed E-state index contributed by atoms with van der Waals surface area (Å²) in [5, 5.41) is 7.82. The van der Waals surface area contributed by atoms with Crippen molar-refractivity contribution in [2.75, 3.05) is 7.11 Å². The first-order valence-corrected chi connectivity index (χ1v) is 8.01. The summed E-state index contributed by atoms with van der Waals surface area (Å²) in [6.07, 6.45) is -0.778. The van der Waals surface area contributed by atoms with Crippen molar-refractivity contribution in [3.05, 3.63) is 60.5 Å². The molecule has 0 aliphatic heterocycles. The maximum Gasteiger partial charge on any atom is 0.347 e. The van der Waals surface area contributed by atoms with Crippen LogP contribution in [0.4, 0.5) is 0 Å². The number of ether oxygens (including phenoxy) is 3. The summed E-state index contributed by atoms with van der Waals surface area (Å²) >= 11 is 0. The summed E-state index contributed by atoms with van der Waals surface area (Å²) in [5.41, 5.74) is 0.800. The van der Waals surface area contributed by atoms with E-state index in [1.165, 1.54) is 0 Å². The molecule has 26 heavy (non-hydrogen) atoms. The summed E-state index contributed by atoms with van der Waals surface area (Å²) in [6, 6.07) is 16.3. The van der Waals surface area contributed by atoms with Gasteiger partial charge < -0.3 is 18.6 Å². The van der Waals surface area contributed by atoms with Crippen LogP contribution in [0.15, 0.2) is 59.0 Å². The lowest BCUT2D eigenvalue weighted by atomic mass is 10.2. The summed E-state index contributed by atoms with van der Waals surface area (Å²) in [6.45, 7) is 1.49. The van der Waals surface area contributed by atoms with Crippen LogP contribution >= 0.6 is 0 Å². The molecule has 0 spiro atoms. The maximum absolute atomic E-state index is 12.1. The number of carbonyl (C=O) groups is 1. The molecule has 3 aromatic rings. The quantitative estimate of drug-likeness (QED) is 0.602. The van der Waals surface area contributed by atoms with Crippen molar-refractivity contribution in [1.29, 1.82) is 0 Å². The van der Waals surface area contributed by atoms with Gasteiger partial charge in [0.05, 0.1) is 7.11 Å². The molecule has 0 amide bonds. The Hall–Kier alpha value is -3.35. The smallest absolute Gasteiger partial charge is 0.347 e. The van der Waals surface area contributed by atoms with Crippen LogP contribution in [-0.2, 0) is 16.1 Å². The Kier molecular flexibility index (Phi) is 5.48. The number of carbonyl (C=O) groups excluding carboxylic acids is 1. The fourth-order valence-corrected chi connectivity index (χ4v) is 2.17. The molecule has 0 aliphatic carbocycles. The molecule has 7 heteroatoms. The number of hydrogen-bond donors (Lipinski definition) is 0. The van der Waals surface area contributed by atoms with Crippen molar-refractivity contribution in [3.8, 4) is 23.0 Å². The third-order valence-electron chi connectivity index (χ3n) is 3.53. The van der Waals surface area contributed by atoms with E-state index in [1.807, 2.05) is 30.3 Å². The van der Waals surface area contributed by atoms with Crippen LogP contribution in [0, 0.1) is 0 Å². The highest BCUT2D eigenvalue weighted by molar-refractivity contribution is 5.74. The minimum absolute atomic E-state index is 0.116. The van der Waals surface area contributed by atoms with Crippen molar-refractivity contribution in [2.45, 2.75) is 19.6 Å². The van der Waals surface area contributed by atoms with E-state index in [-0.39, 0.29) is 12.5 Å². The molecule has 0 aliphatic rings. The van der Waals surface area contributed by atoms with Crippen molar-refractivity contribution in [3.63, 3.8) is 0 Å². The van der Waals surface area contributed by atoms with Crippen LogP contribution in [0.25, 0.3) is 11.5 Å². The van der Waals surface area contributed by atoms with Crippen LogP contribution in [0.3, 0.4) is 0 Å². The molecule has 0 radical (unpaired) electrons. The lowest BCUT2D eigenvalue weighted by Gasteiger charge is -2.13. The number of methoxy groups -OCH3 is 1. The molecule has 0 fully saturated rings. The fourth-order valence-electron chi connectivity index (χ4n) is 2.17. The first-order valence-electron chi connectivity index (χ1n) is 8.01. The molecule has 1 unspecified atom stereocenters. The molecule has 0 N–H and O–H groups in total. The minimum atomic E-state index is -0.778. The maximum atomic E-state index is 12.1. The summed E-state index contributed by atoms with van der Waals surface area (Å²) < 4.78 is 21.3. The van der Waals surface area contributed by atoms with E-state index in [0.717, 1.165) is 5.56 Å². The van der Waals surface area contributed by atoms with Crippen molar-refractivity contribution >= 4 is 5.97 Å². The van der Waals surface area contributed by atoms with Crippen LogP contribution in [0.5, 0.6) is 11.5 Å². The first-order chi connectivity index (χ1) is 12.7. The van der Waals surface area contributed by atoms with Gasteiger partial charge in [-0.05, 0) is 43.3 Å². The minimum Gasteiger partial charge on any atom is -0.497 e. The van der Waals surface area contributed by atoms with Gasteiger partial charge >= 0.3 is 5.97 Å². The Morgan fingerprint density at radius 3 is 2.42 bits per heavy atom. The van der Waals surface area contributed by atoms with Gasteiger partial charge in [0.25, 0.3) is 5.89 Å². The highest BCUT2D eigenvalue weighted by Crippen LogP contribution is 2.19. The molecule has 7 nitrogen and oxygen atoms in total.